The summed E-state index contributed by atoms with van der Waals surface area (Å²) in [4.78, 5) is 17.9. The van der Waals surface area contributed by atoms with Crippen molar-refractivity contribution < 1.29 is 9.63 Å². The Morgan fingerprint density at radius 3 is 2.38 bits per heavy atom. The maximum Gasteiger partial charge on any atom is 0.335 e. The van der Waals surface area contributed by atoms with Gasteiger partial charge in [0, 0.05) is 8.07 Å². The van der Waals surface area contributed by atoms with Crippen LogP contribution in [0.15, 0.2) is 30.3 Å². The molecular formula is C15H23NO2S2Si. The summed E-state index contributed by atoms with van der Waals surface area (Å²) in [6.07, 6.45) is 1.87. The lowest BCUT2D eigenvalue weighted by Crippen LogP contribution is -2.35. The van der Waals surface area contributed by atoms with Gasteiger partial charge in [-0.2, -0.15) is 5.06 Å². The van der Waals surface area contributed by atoms with Gasteiger partial charge in [0.15, 0.2) is 4.32 Å². The SMILES string of the molecule is CSC(=S)N(OC(=O)C(C)C[Si](C)(C)C)c1ccccc1. The van der Waals surface area contributed by atoms with Gasteiger partial charge in [-0.1, -0.05) is 56.5 Å². The van der Waals surface area contributed by atoms with Gasteiger partial charge in [0.1, 0.15) is 0 Å². The standard InChI is InChI=1S/C15H23NO2S2Si/c1-12(11-21(3,4)5)14(17)18-16(15(19)20-2)13-9-7-6-8-10-13/h6-10,12H,11H2,1-5H3. The Labute approximate surface area is 138 Å². The summed E-state index contributed by atoms with van der Waals surface area (Å²) in [7, 11) is -1.31. The first-order chi connectivity index (χ1) is 9.74. The Hall–Kier alpha value is -0.853. The molecule has 1 rings (SSSR count). The summed E-state index contributed by atoms with van der Waals surface area (Å²) in [6.45, 7) is 8.67. The van der Waals surface area contributed by atoms with Crippen molar-refractivity contribution in [3.05, 3.63) is 30.3 Å². The fraction of sp³-hybridized carbons (Fsp3) is 0.467. The average Bonchev–Trinajstić information content (AvgIpc) is 2.42. The highest BCUT2D eigenvalue weighted by atomic mass is 32.2. The minimum Gasteiger partial charge on any atom is -0.334 e. The summed E-state index contributed by atoms with van der Waals surface area (Å²) in [5, 5.41) is 1.45. The molecule has 0 amide bonds. The minimum atomic E-state index is -1.31. The number of thiocarbonyl (C=S) groups is 1. The molecule has 0 aliphatic carbocycles. The molecule has 0 aromatic heterocycles. The predicted octanol–water partition coefficient (Wildman–Crippen LogP) is 4.57. The Bertz CT molecular complexity index is 488. The number of anilines is 1. The zero-order valence-corrected chi connectivity index (χ0v) is 15.9. The number of carbonyl (C=O) groups excluding carboxylic acids is 1. The van der Waals surface area contributed by atoms with Crippen LogP contribution in [0.25, 0.3) is 0 Å². The first-order valence-corrected chi connectivity index (χ1v) is 12.2. The fourth-order valence-electron chi connectivity index (χ4n) is 2.02. The lowest BCUT2D eigenvalue weighted by molar-refractivity contribution is -0.146. The van der Waals surface area contributed by atoms with Crippen LogP contribution >= 0.6 is 24.0 Å². The first-order valence-electron chi connectivity index (χ1n) is 6.89. The lowest BCUT2D eigenvalue weighted by atomic mass is 10.2. The van der Waals surface area contributed by atoms with Gasteiger partial charge in [-0.25, -0.2) is 4.79 Å². The monoisotopic (exact) mass is 341 g/mol. The zero-order chi connectivity index (χ0) is 16.0. The number of nitrogens with zero attached hydrogens (tertiary/aromatic N) is 1. The largest absolute Gasteiger partial charge is 0.335 e. The molecule has 1 aromatic rings. The van der Waals surface area contributed by atoms with Gasteiger partial charge in [-0.3, -0.25) is 0 Å². The van der Waals surface area contributed by atoms with Crippen molar-refractivity contribution in [3.8, 4) is 0 Å². The van der Waals surface area contributed by atoms with Crippen LogP contribution in [0.1, 0.15) is 6.92 Å². The van der Waals surface area contributed by atoms with Crippen molar-refractivity contribution in [1.29, 1.82) is 0 Å². The van der Waals surface area contributed by atoms with Gasteiger partial charge < -0.3 is 4.84 Å². The lowest BCUT2D eigenvalue weighted by Gasteiger charge is -2.26. The molecule has 0 aliphatic heterocycles. The quantitative estimate of drug-likeness (QED) is 0.454. The van der Waals surface area contributed by atoms with E-state index in [0.717, 1.165) is 11.7 Å². The van der Waals surface area contributed by atoms with Gasteiger partial charge >= 0.3 is 5.97 Å². The molecule has 0 heterocycles. The third-order valence-electron chi connectivity index (χ3n) is 2.83. The smallest absolute Gasteiger partial charge is 0.334 e. The van der Waals surface area contributed by atoms with E-state index in [0.29, 0.717) is 4.32 Å². The molecule has 0 bridgehead atoms. The van der Waals surface area contributed by atoms with E-state index in [1.807, 2.05) is 43.5 Å². The van der Waals surface area contributed by atoms with E-state index in [4.69, 9.17) is 17.1 Å². The van der Waals surface area contributed by atoms with Crippen molar-refractivity contribution in [2.24, 2.45) is 5.92 Å². The Balaban J connectivity index is 2.83. The van der Waals surface area contributed by atoms with E-state index in [9.17, 15) is 4.79 Å². The van der Waals surface area contributed by atoms with E-state index in [1.165, 1.54) is 16.8 Å². The van der Waals surface area contributed by atoms with Gasteiger partial charge in [0.25, 0.3) is 0 Å². The Morgan fingerprint density at radius 1 is 1.33 bits per heavy atom. The molecule has 0 radical (unpaired) electrons. The number of hydrogen-bond acceptors (Lipinski definition) is 4. The Kier molecular flexibility index (Phi) is 6.90. The van der Waals surface area contributed by atoms with E-state index in [2.05, 4.69) is 19.6 Å². The summed E-state index contributed by atoms with van der Waals surface area (Å²) in [5.41, 5.74) is 0.769. The van der Waals surface area contributed by atoms with E-state index < -0.39 is 8.07 Å². The Morgan fingerprint density at radius 2 is 1.90 bits per heavy atom. The summed E-state index contributed by atoms with van der Waals surface area (Å²) < 4.78 is 0.523. The van der Waals surface area contributed by atoms with Gasteiger partial charge in [-0.05, 0) is 36.7 Å². The summed E-state index contributed by atoms with van der Waals surface area (Å²) >= 11 is 6.68. The highest BCUT2D eigenvalue weighted by Crippen LogP contribution is 2.22. The number of thioether (sulfide) groups is 1. The van der Waals surface area contributed by atoms with Crippen LogP contribution < -0.4 is 5.06 Å². The third kappa shape index (κ3) is 6.19. The molecule has 0 fully saturated rings. The predicted molar refractivity (Wildman–Crippen MR) is 98.4 cm³/mol. The molecule has 0 N–H and O–H groups in total. The maximum atomic E-state index is 12.3. The molecule has 0 saturated carbocycles. The van der Waals surface area contributed by atoms with Crippen LogP contribution in [-0.4, -0.2) is 24.6 Å². The molecule has 1 aromatic carbocycles. The van der Waals surface area contributed by atoms with Crippen LogP contribution in [-0.2, 0) is 9.63 Å². The number of carbonyl (C=O) groups is 1. The van der Waals surface area contributed by atoms with E-state index in [-0.39, 0.29) is 11.9 Å². The van der Waals surface area contributed by atoms with Crippen LogP contribution in [0.4, 0.5) is 5.69 Å². The molecule has 21 heavy (non-hydrogen) atoms. The number of para-hydroxylation sites is 1. The van der Waals surface area contributed by atoms with Crippen molar-refractivity contribution in [2.75, 3.05) is 11.3 Å². The van der Waals surface area contributed by atoms with Crippen molar-refractivity contribution >= 4 is 48.0 Å². The van der Waals surface area contributed by atoms with Crippen LogP contribution in [0.5, 0.6) is 0 Å². The third-order valence-corrected chi connectivity index (χ3v) is 5.85. The molecule has 6 heteroatoms. The summed E-state index contributed by atoms with van der Waals surface area (Å²) in [5.74, 6) is -0.342. The normalized spacial score (nSPS) is 12.6. The van der Waals surface area contributed by atoms with E-state index >= 15 is 0 Å². The van der Waals surface area contributed by atoms with Crippen molar-refractivity contribution in [3.63, 3.8) is 0 Å². The zero-order valence-electron chi connectivity index (χ0n) is 13.3. The molecule has 0 saturated heterocycles. The number of hydroxylamine groups is 1. The molecule has 3 nitrogen and oxygen atoms in total. The summed E-state index contributed by atoms with van der Waals surface area (Å²) in [6, 6.07) is 10.4. The minimum absolute atomic E-state index is 0.118. The van der Waals surface area contributed by atoms with E-state index in [1.54, 1.807) is 0 Å². The molecule has 1 unspecified atom stereocenters. The van der Waals surface area contributed by atoms with Gasteiger partial charge in [0.05, 0.1) is 11.6 Å². The maximum absolute atomic E-state index is 12.3. The molecule has 1 atom stereocenters. The second kappa shape index (κ2) is 7.96. The van der Waals surface area contributed by atoms with Crippen LogP contribution in [0.3, 0.4) is 0 Å². The highest BCUT2D eigenvalue weighted by Gasteiger charge is 2.26. The van der Waals surface area contributed by atoms with Crippen molar-refractivity contribution in [2.45, 2.75) is 32.6 Å². The highest BCUT2D eigenvalue weighted by molar-refractivity contribution is 8.22. The second-order valence-corrected chi connectivity index (χ2v) is 13.1. The number of benzene rings is 1. The molecular weight excluding hydrogens is 318 g/mol. The fourth-order valence-corrected chi connectivity index (χ4v) is 4.48. The number of hydrogen-bond donors (Lipinski definition) is 0. The van der Waals surface area contributed by atoms with Gasteiger partial charge in [0.2, 0.25) is 0 Å². The van der Waals surface area contributed by atoms with Crippen LogP contribution in [0.2, 0.25) is 25.7 Å². The topological polar surface area (TPSA) is 29.5 Å². The molecule has 0 aliphatic rings. The molecule has 116 valence electrons. The number of rotatable bonds is 4. The van der Waals surface area contributed by atoms with Crippen LogP contribution in [0, 0.1) is 5.92 Å². The second-order valence-electron chi connectivity index (χ2n) is 6.18. The molecule has 0 spiro atoms. The van der Waals surface area contributed by atoms with Crippen molar-refractivity contribution in [1.82, 2.24) is 0 Å². The average molecular weight is 342 g/mol. The van der Waals surface area contributed by atoms with Gasteiger partial charge in [-0.15, -0.1) is 0 Å². The first kappa shape index (κ1) is 18.2.